The third-order valence-electron chi connectivity index (χ3n) is 4.80. The number of benzene rings is 1. The average Bonchev–Trinajstić information content (AvgIpc) is 2.49. The summed E-state index contributed by atoms with van der Waals surface area (Å²) >= 11 is 0. The SMILES string of the molecule is CC1CCN(CC2CCOc3ccccc32)C(C(=O)O)C1. The molecule has 0 radical (unpaired) electrons. The first kappa shape index (κ1) is 14.4. The molecule has 0 aromatic heterocycles. The summed E-state index contributed by atoms with van der Waals surface area (Å²) in [7, 11) is 0. The van der Waals surface area contributed by atoms with Gasteiger partial charge in [-0.1, -0.05) is 25.1 Å². The topological polar surface area (TPSA) is 49.8 Å². The van der Waals surface area contributed by atoms with Crippen LogP contribution in [0.1, 0.15) is 37.7 Å². The fourth-order valence-corrected chi connectivity index (χ4v) is 3.55. The minimum atomic E-state index is -0.679. The highest BCUT2D eigenvalue weighted by Crippen LogP contribution is 2.35. The molecule has 1 fully saturated rings. The van der Waals surface area contributed by atoms with Crippen LogP contribution in [0.2, 0.25) is 0 Å². The summed E-state index contributed by atoms with van der Waals surface area (Å²) in [6.07, 6.45) is 2.82. The van der Waals surface area contributed by atoms with Crippen LogP contribution in [0.3, 0.4) is 0 Å². The second kappa shape index (κ2) is 6.06. The molecule has 3 unspecified atom stereocenters. The van der Waals surface area contributed by atoms with Crippen LogP contribution in [0.15, 0.2) is 24.3 Å². The van der Waals surface area contributed by atoms with E-state index in [9.17, 15) is 9.90 Å². The van der Waals surface area contributed by atoms with E-state index in [4.69, 9.17) is 4.74 Å². The summed E-state index contributed by atoms with van der Waals surface area (Å²) in [5, 5.41) is 9.48. The highest BCUT2D eigenvalue weighted by atomic mass is 16.5. The molecule has 1 N–H and O–H groups in total. The minimum absolute atomic E-state index is 0.330. The summed E-state index contributed by atoms with van der Waals surface area (Å²) in [5.74, 6) is 1.17. The normalized spacial score (nSPS) is 29.5. The zero-order chi connectivity index (χ0) is 14.8. The molecule has 3 atom stereocenters. The molecule has 0 spiro atoms. The van der Waals surface area contributed by atoms with Crippen LogP contribution < -0.4 is 4.74 Å². The summed E-state index contributed by atoms with van der Waals surface area (Å²) in [6, 6.07) is 7.82. The molecule has 3 rings (SSSR count). The van der Waals surface area contributed by atoms with E-state index in [2.05, 4.69) is 17.9 Å². The Morgan fingerprint density at radius 2 is 2.19 bits per heavy atom. The number of carboxylic acid groups (broad SMARTS) is 1. The van der Waals surface area contributed by atoms with E-state index in [1.807, 2.05) is 18.2 Å². The highest BCUT2D eigenvalue weighted by Gasteiger charge is 2.34. The molecule has 1 aromatic carbocycles. The molecule has 2 aliphatic heterocycles. The lowest BCUT2D eigenvalue weighted by molar-refractivity contribution is -0.145. The third-order valence-corrected chi connectivity index (χ3v) is 4.80. The Hall–Kier alpha value is -1.55. The van der Waals surface area contributed by atoms with Gasteiger partial charge in [0.1, 0.15) is 11.8 Å². The van der Waals surface area contributed by atoms with E-state index in [1.54, 1.807) is 0 Å². The van der Waals surface area contributed by atoms with Crippen molar-refractivity contribution in [1.82, 2.24) is 4.90 Å². The molecule has 4 nitrogen and oxygen atoms in total. The van der Waals surface area contributed by atoms with Crippen LogP contribution >= 0.6 is 0 Å². The van der Waals surface area contributed by atoms with E-state index in [0.29, 0.717) is 11.8 Å². The number of rotatable bonds is 3. The van der Waals surface area contributed by atoms with E-state index in [1.165, 1.54) is 5.56 Å². The minimum Gasteiger partial charge on any atom is -0.493 e. The molecule has 0 amide bonds. The lowest BCUT2D eigenvalue weighted by atomic mass is 9.88. The fraction of sp³-hybridized carbons (Fsp3) is 0.588. The highest BCUT2D eigenvalue weighted by molar-refractivity contribution is 5.73. The Bertz CT molecular complexity index is 517. The van der Waals surface area contributed by atoms with Crippen molar-refractivity contribution in [3.8, 4) is 5.75 Å². The molecular weight excluding hydrogens is 266 g/mol. The van der Waals surface area contributed by atoms with E-state index in [-0.39, 0.29) is 6.04 Å². The first-order chi connectivity index (χ1) is 10.1. The van der Waals surface area contributed by atoms with Gasteiger partial charge in [-0.2, -0.15) is 0 Å². The molecule has 2 aliphatic rings. The number of likely N-dealkylation sites (tertiary alicyclic amines) is 1. The maximum atomic E-state index is 11.5. The number of hydrogen-bond donors (Lipinski definition) is 1. The first-order valence-electron chi connectivity index (χ1n) is 7.83. The van der Waals surface area contributed by atoms with Gasteiger partial charge in [0, 0.05) is 12.5 Å². The summed E-state index contributed by atoms with van der Waals surface area (Å²) < 4.78 is 5.70. The first-order valence-corrected chi connectivity index (χ1v) is 7.83. The van der Waals surface area contributed by atoms with Crippen LogP contribution in [-0.2, 0) is 4.79 Å². The standard InChI is InChI=1S/C17H23NO3/c1-12-6-8-18(15(10-12)17(19)20)11-13-7-9-21-16-5-3-2-4-14(13)16/h2-5,12-13,15H,6-11H2,1H3,(H,19,20). The number of carbonyl (C=O) groups is 1. The smallest absolute Gasteiger partial charge is 0.320 e. The molecule has 4 heteroatoms. The molecule has 21 heavy (non-hydrogen) atoms. The number of ether oxygens (including phenoxy) is 1. The number of piperidine rings is 1. The van der Waals surface area contributed by atoms with Gasteiger partial charge < -0.3 is 9.84 Å². The second-order valence-corrected chi connectivity index (χ2v) is 6.35. The van der Waals surface area contributed by atoms with Gasteiger partial charge in [-0.15, -0.1) is 0 Å². The van der Waals surface area contributed by atoms with Gasteiger partial charge in [-0.05, 0) is 43.4 Å². The zero-order valence-electron chi connectivity index (χ0n) is 12.5. The number of nitrogens with zero attached hydrogens (tertiary/aromatic N) is 1. The molecular formula is C17H23NO3. The lowest BCUT2D eigenvalue weighted by Gasteiger charge is -2.39. The maximum absolute atomic E-state index is 11.5. The summed E-state index contributed by atoms with van der Waals surface area (Å²) in [5.41, 5.74) is 1.23. The summed E-state index contributed by atoms with van der Waals surface area (Å²) in [6.45, 7) is 4.59. The van der Waals surface area contributed by atoms with Crippen LogP contribution in [-0.4, -0.2) is 41.7 Å². The Kier molecular flexibility index (Phi) is 4.15. The molecule has 1 saturated heterocycles. The predicted molar refractivity (Wildman–Crippen MR) is 80.7 cm³/mol. The van der Waals surface area contributed by atoms with Gasteiger partial charge in [0.2, 0.25) is 0 Å². The monoisotopic (exact) mass is 289 g/mol. The van der Waals surface area contributed by atoms with Crippen molar-refractivity contribution >= 4 is 5.97 Å². The molecule has 1 aromatic rings. The van der Waals surface area contributed by atoms with Crippen LogP contribution in [0.5, 0.6) is 5.75 Å². The maximum Gasteiger partial charge on any atom is 0.320 e. The largest absolute Gasteiger partial charge is 0.493 e. The second-order valence-electron chi connectivity index (χ2n) is 6.35. The fourth-order valence-electron chi connectivity index (χ4n) is 3.55. The molecule has 114 valence electrons. The number of carboxylic acids is 1. The predicted octanol–water partition coefficient (Wildman–Crippen LogP) is 2.74. The van der Waals surface area contributed by atoms with Crippen LogP contribution in [0, 0.1) is 5.92 Å². The van der Waals surface area contributed by atoms with Gasteiger partial charge in [-0.3, -0.25) is 9.69 Å². The Morgan fingerprint density at radius 1 is 1.38 bits per heavy atom. The van der Waals surface area contributed by atoms with Crippen molar-refractivity contribution in [3.05, 3.63) is 29.8 Å². The molecule has 2 heterocycles. The Morgan fingerprint density at radius 3 is 3.00 bits per heavy atom. The number of hydrogen-bond acceptors (Lipinski definition) is 3. The zero-order valence-corrected chi connectivity index (χ0v) is 12.5. The molecule has 0 saturated carbocycles. The van der Waals surface area contributed by atoms with E-state index in [0.717, 1.165) is 44.7 Å². The van der Waals surface area contributed by atoms with Crippen molar-refractivity contribution in [1.29, 1.82) is 0 Å². The van der Waals surface area contributed by atoms with Gasteiger partial charge in [-0.25, -0.2) is 0 Å². The van der Waals surface area contributed by atoms with Gasteiger partial charge in [0.25, 0.3) is 0 Å². The number of para-hydroxylation sites is 1. The third kappa shape index (κ3) is 3.05. The average molecular weight is 289 g/mol. The van der Waals surface area contributed by atoms with Crippen LogP contribution in [0.25, 0.3) is 0 Å². The van der Waals surface area contributed by atoms with Crippen molar-refractivity contribution in [2.75, 3.05) is 19.7 Å². The van der Waals surface area contributed by atoms with Gasteiger partial charge >= 0.3 is 5.97 Å². The number of fused-ring (bicyclic) bond motifs is 1. The quantitative estimate of drug-likeness (QED) is 0.929. The molecule has 0 bridgehead atoms. The van der Waals surface area contributed by atoms with Gasteiger partial charge in [0.05, 0.1) is 6.61 Å². The Balaban J connectivity index is 1.75. The molecule has 0 aliphatic carbocycles. The van der Waals surface area contributed by atoms with Crippen molar-refractivity contribution < 1.29 is 14.6 Å². The van der Waals surface area contributed by atoms with Crippen molar-refractivity contribution in [2.45, 2.75) is 38.1 Å². The van der Waals surface area contributed by atoms with Crippen LogP contribution in [0.4, 0.5) is 0 Å². The van der Waals surface area contributed by atoms with Crippen molar-refractivity contribution in [2.24, 2.45) is 5.92 Å². The summed E-state index contributed by atoms with van der Waals surface area (Å²) in [4.78, 5) is 13.7. The van der Waals surface area contributed by atoms with E-state index >= 15 is 0 Å². The number of aliphatic carboxylic acids is 1. The van der Waals surface area contributed by atoms with E-state index < -0.39 is 5.97 Å². The van der Waals surface area contributed by atoms with Gasteiger partial charge in [0.15, 0.2) is 0 Å². The lowest BCUT2D eigenvalue weighted by Crippen LogP contribution is -2.48. The van der Waals surface area contributed by atoms with Crippen molar-refractivity contribution in [3.63, 3.8) is 0 Å². The Labute approximate surface area is 125 Å².